The minimum atomic E-state index is -0.921. The van der Waals surface area contributed by atoms with Crippen LogP contribution < -0.4 is 0 Å². The zero-order chi connectivity index (χ0) is 11.5. The highest BCUT2D eigenvalue weighted by Crippen LogP contribution is 2.37. The number of aryl methyl sites for hydroxylation is 1. The lowest BCUT2D eigenvalue weighted by molar-refractivity contribution is 0.250. The lowest BCUT2D eigenvalue weighted by Gasteiger charge is -2.32. The second kappa shape index (κ2) is 5.20. The predicted octanol–water partition coefficient (Wildman–Crippen LogP) is 3.92. The highest BCUT2D eigenvalue weighted by atomic mass is 35.5. The summed E-state index contributed by atoms with van der Waals surface area (Å²) in [4.78, 5) is 2.02. The van der Waals surface area contributed by atoms with Crippen molar-refractivity contribution >= 4 is 23.2 Å². The molecule has 15 heavy (non-hydrogen) atoms. The van der Waals surface area contributed by atoms with Gasteiger partial charge in [-0.25, -0.2) is 0 Å². The van der Waals surface area contributed by atoms with E-state index in [-0.39, 0.29) is 0 Å². The number of halogens is 2. The SMILES string of the molecule is CCN(CC)C(Cl)(Cl)c1cccc(C)c1. The van der Waals surface area contributed by atoms with E-state index in [2.05, 4.69) is 13.8 Å². The van der Waals surface area contributed by atoms with Gasteiger partial charge in [0.15, 0.2) is 4.46 Å². The maximum atomic E-state index is 6.39. The Hall–Kier alpha value is -0.240. The third-order valence-electron chi connectivity index (χ3n) is 2.53. The van der Waals surface area contributed by atoms with Crippen molar-refractivity contribution in [2.45, 2.75) is 25.2 Å². The van der Waals surface area contributed by atoms with Crippen LogP contribution in [0.4, 0.5) is 0 Å². The summed E-state index contributed by atoms with van der Waals surface area (Å²) < 4.78 is -0.921. The van der Waals surface area contributed by atoms with Crippen molar-refractivity contribution in [2.75, 3.05) is 13.1 Å². The smallest absolute Gasteiger partial charge is 0.197 e. The van der Waals surface area contributed by atoms with Crippen molar-refractivity contribution in [3.63, 3.8) is 0 Å². The average Bonchev–Trinajstić information content (AvgIpc) is 2.19. The maximum Gasteiger partial charge on any atom is 0.197 e. The molecule has 0 aliphatic rings. The lowest BCUT2D eigenvalue weighted by Crippen LogP contribution is -2.37. The fraction of sp³-hybridized carbons (Fsp3) is 0.500. The van der Waals surface area contributed by atoms with Gasteiger partial charge in [-0.15, -0.1) is 0 Å². The quantitative estimate of drug-likeness (QED) is 0.574. The summed E-state index contributed by atoms with van der Waals surface area (Å²) in [5.41, 5.74) is 2.11. The molecule has 0 bridgehead atoms. The summed E-state index contributed by atoms with van der Waals surface area (Å²) in [7, 11) is 0. The average molecular weight is 246 g/mol. The molecule has 0 aliphatic heterocycles. The second-order valence-corrected chi connectivity index (χ2v) is 4.87. The van der Waals surface area contributed by atoms with E-state index in [9.17, 15) is 0 Å². The van der Waals surface area contributed by atoms with Crippen LogP contribution in [-0.4, -0.2) is 18.0 Å². The third-order valence-corrected chi connectivity index (χ3v) is 3.44. The summed E-state index contributed by atoms with van der Waals surface area (Å²) in [6.45, 7) is 7.81. The molecule has 1 rings (SSSR count). The molecule has 0 heterocycles. The molecule has 84 valence electrons. The number of benzene rings is 1. The normalized spacial score (nSPS) is 12.1. The van der Waals surface area contributed by atoms with E-state index in [0.29, 0.717) is 0 Å². The minimum Gasteiger partial charge on any atom is -0.269 e. The van der Waals surface area contributed by atoms with Gasteiger partial charge in [-0.1, -0.05) is 66.9 Å². The molecule has 0 saturated carbocycles. The van der Waals surface area contributed by atoms with Crippen LogP contribution in [0.25, 0.3) is 0 Å². The molecule has 1 aromatic rings. The number of hydrogen-bond acceptors (Lipinski definition) is 1. The zero-order valence-corrected chi connectivity index (χ0v) is 10.9. The maximum absolute atomic E-state index is 6.39. The standard InChI is InChI=1S/C12H17Cl2N/c1-4-15(5-2)12(13,14)11-8-6-7-10(3)9-11/h6-9H,4-5H2,1-3H3. The molecule has 0 fully saturated rings. The Balaban J connectivity index is 3.03. The molecule has 0 N–H and O–H groups in total. The van der Waals surface area contributed by atoms with Gasteiger partial charge in [0.05, 0.1) is 0 Å². The van der Waals surface area contributed by atoms with Gasteiger partial charge in [0.1, 0.15) is 0 Å². The number of nitrogens with zero attached hydrogens (tertiary/aromatic N) is 1. The minimum absolute atomic E-state index is 0.831. The van der Waals surface area contributed by atoms with E-state index in [4.69, 9.17) is 23.2 Å². The van der Waals surface area contributed by atoms with Crippen molar-refractivity contribution in [3.8, 4) is 0 Å². The van der Waals surface area contributed by atoms with Crippen LogP contribution in [-0.2, 0) is 4.46 Å². The van der Waals surface area contributed by atoms with E-state index >= 15 is 0 Å². The number of rotatable bonds is 4. The molecule has 0 amide bonds. The molecule has 0 radical (unpaired) electrons. The zero-order valence-electron chi connectivity index (χ0n) is 9.43. The molecule has 1 aromatic carbocycles. The van der Waals surface area contributed by atoms with Crippen molar-refractivity contribution in [3.05, 3.63) is 35.4 Å². The summed E-state index contributed by atoms with van der Waals surface area (Å²) in [6.07, 6.45) is 0. The first-order valence-corrected chi connectivity index (χ1v) is 5.98. The summed E-state index contributed by atoms with van der Waals surface area (Å²) in [5.74, 6) is 0. The predicted molar refractivity (Wildman–Crippen MR) is 67.5 cm³/mol. The molecule has 3 heteroatoms. The Morgan fingerprint density at radius 3 is 2.27 bits per heavy atom. The van der Waals surface area contributed by atoms with Crippen molar-refractivity contribution in [2.24, 2.45) is 0 Å². The van der Waals surface area contributed by atoms with Crippen LogP contribution >= 0.6 is 23.2 Å². The Bertz CT molecular complexity index is 319. The monoisotopic (exact) mass is 245 g/mol. The third kappa shape index (κ3) is 2.87. The molecule has 0 aromatic heterocycles. The molecule has 0 aliphatic carbocycles. The van der Waals surface area contributed by atoms with Crippen molar-refractivity contribution < 1.29 is 0 Å². The van der Waals surface area contributed by atoms with Crippen LogP contribution in [0, 0.1) is 6.92 Å². The molecule has 0 unspecified atom stereocenters. The molecule has 1 nitrogen and oxygen atoms in total. The van der Waals surface area contributed by atoms with Gasteiger partial charge in [-0.2, -0.15) is 0 Å². The largest absolute Gasteiger partial charge is 0.269 e. The van der Waals surface area contributed by atoms with Crippen LogP contribution in [0.1, 0.15) is 25.0 Å². The Morgan fingerprint density at radius 2 is 1.80 bits per heavy atom. The van der Waals surface area contributed by atoms with Gasteiger partial charge in [-0.05, 0) is 20.0 Å². The Labute approximate surface area is 102 Å². The first-order valence-electron chi connectivity index (χ1n) is 5.22. The number of hydrogen-bond donors (Lipinski definition) is 0. The van der Waals surface area contributed by atoms with Crippen LogP contribution in [0.5, 0.6) is 0 Å². The molecule has 0 atom stereocenters. The van der Waals surface area contributed by atoms with Crippen LogP contribution in [0.2, 0.25) is 0 Å². The lowest BCUT2D eigenvalue weighted by atomic mass is 10.1. The highest BCUT2D eigenvalue weighted by Gasteiger charge is 2.32. The Morgan fingerprint density at radius 1 is 1.20 bits per heavy atom. The topological polar surface area (TPSA) is 3.24 Å². The Kier molecular flexibility index (Phi) is 4.45. The first kappa shape index (κ1) is 12.8. The van der Waals surface area contributed by atoms with Crippen molar-refractivity contribution in [1.82, 2.24) is 4.90 Å². The molecule has 0 saturated heterocycles. The molecular formula is C12H17Cl2N. The summed E-state index contributed by atoms with van der Waals surface area (Å²) in [5, 5.41) is 0. The first-order chi connectivity index (χ1) is 7.02. The fourth-order valence-corrected chi connectivity index (χ4v) is 2.35. The van der Waals surface area contributed by atoms with Crippen LogP contribution in [0.15, 0.2) is 24.3 Å². The van der Waals surface area contributed by atoms with E-state index < -0.39 is 4.46 Å². The van der Waals surface area contributed by atoms with Gasteiger partial charge in [0, 0.05) is 5.56 Å². The van der Waals surface area contributed by atoms with E-state index in [1.54, 1.807) is 0 Å². The number of alkyl halides is 2. The van der Waals surface area contributed by atoms with Crippen LogP contribution in [0.3, 0.4) is 0 Å². The molecular weight excluding hydrogens is 229 g/mol. The van der Waals surface area contributed by atoms with E-state index in [1.807, 2.05) is 36.1 Å². The van der Waals surface area contributed by atoms with Crippen molar-refractivity contribution in [1.29, 1.82) is 0 Å². The summed E-state index contributed by atoms with van der Waals surface area (Å²) >= 11 is 12.8. The van der Waals surface area contributed by atoms with Gasteiger partial charge in [-0.3, -0.25) is 4.90 Å². The van der Waals surface area contributed by atoms with E-state index in [0.717, 1.165) is 18.7 Å². The fourth-order valence-electron chi connectivity index (χ4n) is 1.64. The van der Waals surface area contributed by atoms with Gasteiger partial charge in [0.25, 0.3) is 0 Å². The van der Waals surface area contributed by atoms with Gasteiger partial charge in [0.2, 0.25) is 0 Å². The van der Waals surface area contributed by atoms with E-state index in [1.165, 1.54) is 5.56 Å². The summed E-state index contributed by atoms with van der Waals surface area (Å²) in [6, 6.07) is 8.01. The second-order valence-electron chi connectivity index (χ2n) is 3.58. The highest BCUT2D eigenvalue weighted by molar-refractivity contribution is 6.47. The molecule has 0 spiro atoms. The van der Waals surface area contributed by atoms with Gasteiger partial charge >= 0.3 is 0 Å². The van der Waals surface area contributed by atoms with Gasteiger partial charge < -0.3 is 0 Å².